The van der Waals surface area contributed by atoms with Crippen LogP contribution in [0.3, 0.4) is 0 Å². The topological polar surface area (TPSA) is 43.3 Å². The van der Waals surface area contributed by atoms with E-state index in [1.165, 1.54) is 23.7 Å². The zero-order chi connectivity index (χ0) is 16.2. The van der Waals surface area contributed by atoms with E-state index >= 15 is 0 Å². The number of nitrogens with one attached hydrogen (secondary N) is 1. The predicted octanol–water partition coefficient (Wildman–Crippen LogP) is 4.08. The monoisotopic (exact) mass is 306 g/mol. The molecule has 0 saturated carbocycles. The average molecular weight is 306 g/mol. The van der Waals surface area contributed by atoms with Crippen molar-refractivity contribution in [3.05, 3.63) is 59.8 Å². The van der Waals surface area contributed by atoms with Crippen LogP contribution in [0.2, 0.25) is 0 Å². The SMILES string of the molecule is COC(=O)c1ccc2c(c1)NC(C)(C)c1cc3ccccc3n1-2. The van der Waals surface area contributed by atoms with E-state index in [4.69, 9.17) is 4.74 Å². The van der Waals surface area contributed by atoms with E-state index in [2.05, 4.69) is 48.0 Å². The van der Waals surface area contributed by atoms with Gasteiger partial charge in [-0.05, 0) is 44.2 Å². The van der Waals surface area contributed by atoms with Crippen molar-refractivity contribution in [2.24, 2.45) is 0 Å². The molecule has 2 heterocycles. The zero-order valence-electron chi connectivity index (χ0n) is 13.4. The van der Waals surface area contributed by atoms with Crippen molar-refractivity contribution >= 4 is 22.6 Å². The number of carbonyl (C=O) groups excluding carboxylic acids is 1. The van der Waals surface area contributed by atoms with Gasteiger partial charge < -0.3 is 14.6 Å². The van der Waals surface area contributed by atoms with Crippen LogP contribution in [0.25, 0.3) is 16.6 Å². The normalized spacial score (nSPS) is 14.7. The first kappa shape index (κ1) is 13.9. The number of benzene rings is 2. The summed E-state index contributed by atoms with van der Waals surface area (Å²) in [5.41, 5.74) is 4.68. The molecule has 0 aliphatic carbocycles. The van der Waals surface area contributed by atoms with Crippen LogP contribution in [-0.4, -0.2) is 17.6 Å². The van der Waals surface area contributed by atoms with Gasteiger partial charge in [-0.3, -0.25) is 0 Å². The Labute approximate surface area is 134 Å². The molecule has 4 rings (SSSR count). The molecule has 1 aromatic heterocycles. The van der Waals surface area contributed by atoms with Gasteiger partial charge in [0.15, 0.2) is 0 Å². The highest BCUT2D eigenvalue weighted by Crippen LogP contribution is 2.41. The number of hydrogen-bond donors (Lipinski definition) is 1. The van der Waals surface area contributed by atoms with Gasteiger partial charge in [-0.1, -0.05) is 18.2 Å². The van der Waals surface area contributed by atoms with Crippen molar-refractivity contribution in [2.45, 2.75) is 19.4 Å². The molecule has 0 saturated heterocycles. The molecule has 1 aliphatic heterocycles. The highest BCUT2D eigenvalue weighted by molar-refractivity contribution is 5.93. The zero-order valence-corrected chi connectivity index (χ0v) is 13.4. The van der Waals surface area contributed by atoms with Gasteiger partial charge in [-0.25, -0.2) is 4.79 Å². The second-order valence-electron chi connectivity index (χ2n) is 6.40. The minimum Gasteiger partial charge on any atom is -0.465 e. The molecule has 0 bridgehead atoms. The van der Waals surface area contributed by atoms with Crippen LogP contribution in [-0.2, 0) is 10.3 Å². The van der Waals surface area contributed by atoms with Gasteiger partial charge in [-0.2, -0.15) is 0 Å². The average Bonchev–Trinajstić information content (AvgIpc) is 2.94. The molecule has 4 nitrogen and oxygen atoms in total. The Morgan fingerprint density at radius 2 is 1.91 bits per heavy atom. The maximum Gasteiger partial charge on any atom is 0.337 e. The third-order valence-electron chi connectivity index (χ3n) is 4.46. The summed E-state index contributed by atoms with van der Waals surface area (Å²) in [6.07, 6.45) is 0. The molecule has 3 aromatic rings. The third kappa shape index (κ3) is 1.95. The van der Waals surface area contributed by atoms with E-state index < -0.39 is 0 Å². The maximum atomic E-state index is 11.8. The van der Waals surface area contributed by atoms with E-state index in [1.54, 1.807) is 0 Å². The van der Waals surface area contributed by atoms with E-state index in [1.807, 2.05) is 24.3 Å². The molecule has 0 unspecified atom stereocenters. The van der Waals surface area contributed by atoms with Crippen molar-refractivity contribution in [1.29, 1.82) is 0 Å². The molecule has 4 heteroatoms. The summed E-state index contributed by atoms with van der Waals surface area (Å²) in [6.45, 7) is 4.29. The smallest absolute Gasteiger partial charge is 0.337 e. The maximum absolute atomic E-state index is 11.8. The number of carbonyl (C=O) groups is 1. The van der Waals surface area contributed by atoms with Crippen LogP contribution < -0.4 is 5.32 Å². The Hall–Kier alpha value is -2.75. The number of esters is 1. The second kappa shape index (κ2) is 4.62. The second-order valence-corrected chi connectivity index (χ2v) is 6.40. The predicted molar refractivity (Wildman–Crippen MR) is 91.3 cm³/mol. The minimum absolute atomic E-state index is 0.235. The van der Waals surface area contributed by atoms with Gasteiger partial charge in [0.2, 0.25) is 0 Å². The molecule has 0 radical (unpaired) electrons. The van der Waals surface area contributed by atoms with Gasteiger partial charge in [0.05, 0.1) is 35.1 Å². The Bertz CT molecular complexity index is 938. The standard InChI is InChI=1S/C19H18N2O2/c1-19(2)17-11-12-6-4-5-7-15(12)21(17)16-9-8-13(18(22)23-3)10-14(16)20-19/h4-11,20H,1-3H3. The molecule has 0 fully saturated rings. The molecule has 0 spiro atoms. The number of rotatable bonds is 1. The minimum atomic E-state index is -0.324. The number of methoxy groups -OCH3 is 1. The summed E-state index contributed by atoms with van der Waals surface area (Å²) in [7, 11) is 1.40. The number of ether oxygens (including phenoxy) is 1. The van der Waals surface area contributed by atoms with E-state index in [-0.39, 0.29) is 11.5 Å². The lowest BCUT2D eigenvalue weighted by atomic mass is 9.96. The summed E-state index contributed by atoms with van der Waals surface area (Å²) in [5, 5.41) is 4.75. The largest absolute Gasteiger partial charge is 0.465 e. The lowest BCUT2D eigenvalue weighted by molar-refractivity contribution is 0.0601. The first-order valence-electron chi connectivity index (χ1n) is 7.63. The van der Waals surface area contributed by atoms with Crippen LogP contribution >= 0.6 is 0 Å². The van der Waals surface area contributed by atoms with Crippen LogP contribution in [0.1, 0.15) is 29.9 Å². The van der Waals surface area contributed by atoms with Gasteiger partial charge in [0.1, 0.15) is 0 Å². The van der Waals surface area contributed by atoms with Gasteiger partial charge in [0.25, 0.3) is 0 Å². The van der Waals surface area contributed by atoms with E-state index in [9.17, 15) is 4.79 Å². The Morgan fingerprint density at radius 1 is 1.13 bits per heavy atom. The van der Waals surface area contributed by atoms with E-state index in [0.717, 1.165) is 11.4 Å². The molecule has 1 aliphatic rings. The molecule has 0 atom stereocenters. The summed E-state index contributed by atoms with van der Waals surface area (Å²) < 4.78 is 7.10. The fourth-order valence-electron chi connectivity index (χ4n) is 3.35. The van der Waals surface area contributed by atoms with Crippen molar-refractivity contribution < 1.29 is 9.53 Å². The lowest BCUT2D eigenvalue weighted by Crippen LogP contribution is -2.34. The van der Waals surface area contributed by atoms with Crippen molar-refractivity contribution in [1.82, 2.24) is 4.57 Å². The fraction of sp³-hybridized carbons (Fsp3) is 0.211. The molecule has 1 N–H and O–H groups in total. The summed E-state index contributed by atoms with van der Waals surface area (Å²) in [5.74, 6) is -0.324. The number of fused-ring (bicyclic) bond motifs is 5. The number of anilines is 1. The van der Waals surface area contributed by atoms with Crippen LogP contribution in [0, 0.1) is 0 Å². The first-order valence-corrected chi connectivity index (χ1v) is 7.63. The highest BCUT2D eigenvalue weighted by atomic mass is 16.5. The van der Waals surface area contributed by atoms with Crippen LogP contribution in [0.15, 0.2) is 48.5 Å². The van der Waals surface area contributed by atoms with Crippen LogP contribution in [0.4, 0.5) is 5.69 Å². The van der Waals surface area contributed by atoms with E-state index in [0.29, 0.717) is 5.56 Å². The molecule has 0 amide bonds. The number of para-hydroxylation sites is 1. The van der Waals surface area contributed by atoms with Crippen LogP contribution in [0.5, 0.6) is 0 Å². The molecular weight excluding hydrogens is 288 g/mol. The van der Waals surface area contributed by atoms with Crippen molar-refractivity contribution in [3.8, 4) is 5.69 Å². The number of nitrogens with zero attached hydrogens (tertiary/aromatic N) is 1. The molecule has 116 valence electrons. The number of aromatic nitrogens is 1. The Balaban J connectivity index is 2.02. The molecular formula is C19H18N2O2. The fourth-order valence-corrected chi connectivity index (χ4v) is 3.35. The Kier molecular flexibility index (Phi) is 2.79. The number of hydrogen-bond acceptors (Lipinski definition) is 3. The first-order chi connectivity index (χ1) is 11.0. The quantitative estimate of drug-likeness (QED) is 0.689. The van der Waals surface area contributed by atoms with Gasteiger partial charge in [-0.15, -0.1) is 0 Å². The summed E-state index contributed by atoms with van der Waals surface area (Å²) in [6, 6.07) is 16.2. The summed E-state index contributed by atoms with van der Waals surface area (Å²) >= 11 is 0. The van der Waals surface area contributed by atoms with Gasteiger partial charge in [0, 0.05) is 11.1 Å². The molecule has 23 heavy (non-hydrogen) atoms. The highest BCUT2D eigenvalue weighted by Gasteiger charge is 2.32. The summed E-state index contributed by atoms with van der Waals surface area (Å²) in [4.78, 5) is 11.8. The van der Waals surface area contributed by atoms with Crippen molar-refractivity contribution in [2.75, 3.05) is 12.4 Å². The van der Waals surface area contributed by atoms with Crippen molar-refractivity contribution in [3.63, 3.8) is 0 Å². The third-order valence-corrected chi connectivity index (χ3v) is 4.46. The Morgan fingerprint density at radius 3 is 2.70 bits per heavy atom. The lowest BCUT2D eigenvalue weighted by Gasteiger charge is -2.35. The molecule has 2 aromatic carbocycles. The van der Waals surface area contributed by atoms with Gasteiger partial charge >= 0.3 is 5.97 Å².